The first-order valence-electron chi connectivity index (χ1n) is 6.24. The lowest BCUT2D eigenvalue weighted by Crippen LogP contribution is -2.46. The predicted octanol–water partition coefficient (Wildman–Crippen LogP) is 2.23. The molecule has 3 nitrogen and oxygen atoms in total. The predicted molar refractivity (Wildman–Crippen MR) is 61.9 cm³/mol. The summed E-state index contributed by atoms with van der Waals surface area (Å²) in [4.78, 5) is 12.9. The highest BCUT2D eigenvalue weighted by atomic mass is 19.2. The maximum atomic E-state index is 13.6. The third-order valence-corrected chi connectivity index (χ3v) is 3.63. The summed E-state index contributed by atoms with van der Waals surface area (Å²) in [6.07, 6.45) is -0.550. The number of piperidine rings is 1. The maximum Gasteiger partial charge on any atom is 0.260 e. The molecule has 0 aliphatic carbocycles. The monoisotopic (exact) mass is 309 g/mol. The summed E-state index contributed by atoms with van der Waals surface area (Å²) < 4.78 is 66.2. The Morgan fingerprint density at radius 1 is 1.05 bits per heavy atom. The Bertz CT molecular complexity index is 563. The van der Waals surface area contributed by atoms with Crippen molar-refractivity contribution in [3.8, 4) is 0 Å². The Hall–Kier alpha value is -1.70. The molecule has 116 valence electrons. The number of amides is 1. The van der Waals surface area contributed by atoms with Crippen molar-refractivity contribution >= 4 is 5.91 Å². The molecule has 0 bridgehead atoms. The second-order valence-corrected chi connectivity index (χ2v) is 5.03. The van der Waals surface area contributed by atoms with Gasteiger partial charge in [0.2, 0.25) is 5.82 Å². The van der Waals surface area contributed by atoms with Crippen molar-refractivity contribution in [2.45, 2.75) is 19.4 Å². The van der Waals surface area contributed by atoms with Crippen LogP contribution in [0.4, 0.5) is 22.0 Å². The van der Waals surface area contributed by atoms with E-state index in [0.717, 1.165) is 4.90 Å². The molecule has 2 rings (SSSR count). The summed E-state index contributed by atoms with van der Waals surface area (Å²) in [5, 5.41) is 9.65. The largest absolute Gasteiger partial charge is 0.391 e. The minimum atomic E-state index is -2.31. The van der Waals surface area contributed by atoms with Gasteiger partial charge in [-0.25, -0.2) is 22.0 Å². The molecule has 2 unspecified atom stereocenters. The van der Waals surface area contributed by atoms with E-state index in [0.29, 0.717) is 6.42 Å². The van der Waals surface area contributed by atoms with Crippen LogP contribution in [0.5, 0.6) is 0 Å². The number of hydrogen-bond acceptors (Lipinski definition) is 2. The minimum absolute atomic E-state index is 0.0660. The Morgan fingerprint density at radius 2 is 1.52 bits per heavy atom. The van der Waals surface area contributed by atoms with Crippen LogP contribution < -0.4 is 0 Å². The number of aliphatic hydroxyl groups excluding tert-OH is 1. The Balaban J connectivity index is 2.41. The summed E-state index contributed by atoms with van der Waals surface area (Å²) in [5.41, 5.74) is -1.49. The van der Waals surface area contributed by atoms with Gasteiger partial charge in [-0.3, -0.25) is 4.79 Å². The van der Waals surface area contributed by atoms with Crippen LogP contribution in [0.3, 0.4) is 0 Å². The quantitative estimate of drug-likeness (QED) is 0.491. The second-order valence-electron chi connectivity index (χ2n) is 5.03. The normalized spacial score (nSPS) is 22.5. The van der Waals surface area contributed by atoms with Gasteiger partial charge in [-0.05, 0) is 12.3 Å². The fourth-order valence-corrected chi connectivity index (χ4v) is 2.18. The van der Waals surface area contributed by atoms with Crippen molar-refractivity contribution in [2.24, 2.45) is 5.92 Å². The summed E-state index contributed by atoms with van der Waals surface area (Å²) in [6.45, 7) is 1.57. The number of rotatable bonds is 1. The number of benzene rings is 1. The van der Waals surface area contributed by atoms with Crippen molar-refractivity contribution < 1.29 is 31.9 Å². The lowest BCUT2D eigenvalue weighted by atomic mass is 9.95. The van der Waals surface area contributed by atoms with Crippen LogP contribution in [0, 0.1) is 35.0 Å². The molecule has 1 saturated heterocycles. The smallest absolute Gasteiger partial charge is 0.260 e. The van der Waals surface area contributed by atoms with E-state index in [-0.39, 0.29) is 19.0 Å². The minimum Gasteiger partial charge on any atom is -0.391 e. The number of halogens is 5. The number of hydrogen-bond donors (Lipinski definition) is 1. The van der Waals surface area contributed by atoms with Crippen molar-refractivity contribution in [3.05, 3.63) is 34.6 Å². The first-order valence-corrected chi connectivity index (χ1v) is 6.24. The van der Waals surface area contributed by atoms with Gasteiger partial charge in [-0.2, -0.15) is 0 Å². The third kappa shape index (κ3) is 2.59. The van der Waals surface area contributed by atoms with E-state index >= 15 is 0 Å². The van der Waals surface area contributed by atoms with Crippen molar-refractivity contribution in [2.75, 3.05) is 13.1 Å². The first kappa shape index (κ1) is 15.7. The van der Waals surface area contributed by atoms with Gasteiger partial charge < -0.3 is 10.0 Å². The number of carbonyl (C=O) groups is 1. The van der Waals surface area contributed by atoms with Gasteiger partial charge in [0.25, 0.3) is 5.91 Å². The number of β-amino-alcohol motifs (C(OH)–C–C–N with tert-alkyl or cyclic N) is 1. The van der Waals surface area contributed by atoms with Gasteiger partial charge in [0.05, 0.1) is 6.10 Å². The van der Waals surface area contributed by atoms with Crippen LogP contribution >= 0.6 is 0 Å². The highest BCUT2D eigenvalue weighted by Crippen LogP contribution is 2.26. The molecular formula is C13H12F5NO2. The molecule has 1 aromatic rings. The molecular weight excluding hydrogens is 297 g/mol. The second kappa shape index (κ2) is 5.59. The topological polar surface area (TPSA) is 40.5 Å². The van der Waals surface area contributed by atoms with E-state index in [9.17, 15) is 31.9 Å². The van der Waals surface area contributed by atoms with Gasteiger partial charge in [0.1, 0.15) is 5.56 Å². The molecule has 1 aromatic carbocycles. The standard InChI is InChI=1S/C13H12F5NO2/c1-5-2-3-19(4-6(5)20)13(21)7-8(14)10(16)12(18)11(17)9(7)15/h5-6,20H,2-4H2,1H3. The average Bonchev–Trinajstić information content (AvgIpc) is 2.46. The van der Waals surface area contributed by atoms with Gasteiger partial charge in [-0.15, -0.1) is 0 Å². The summed E-state index contributed by atoms with van der Waals surface area (Å²) in [7, 11) is 0. The van der Waals surface area contributed by atoms with Crippen LogP contribution in [0.2, 0.25) is 0 Å². The van der Waals surface area contributed by atoms with E-state index in [2.05, 4.69) is 0 Å². The van der Waals surface area contributed by atoms with Crippen molar-refractivity contribution in [1.82, 2.24) is 4.90 Å². The van der Waals surface area contributed by atoms with Gasteiger partial charge >= 0.3 is 0 Å². The van der Waals surface area contributed by atoms with Gasteiger partial charge in [-0.1, -0.05) is 6.92 Å². The third-order valence-electron chi connectivity index (χ3n) is 3.63. The molecule has 1 aliphatic heterocycles. The van der Waals surface area contributed by atoms with Crippen LogP contribution in [-0.2, 0) is 0 Å². The maximum absolute atomic E-state index is 13.6. The van der Waals surface area contributed by atoms with E-state index in [1.165, 1.54) is 0 Å². The zero-order valence-corrected chi connectivity index (χ0v) is 11.0. The zero-order chi connectivity index (χ0) is 15.9. The molecule has 1 fully saturated rings. The van der Waals surface area contributed by atoms with Crippen LogP contribution in [-0.4, -0.2) is 35.1 Å². The lowest BCUT2D eigenvalue weighted by molar-refractivity contribution is 0.0241. The fourth-order valence-electron chi connectivity index (χ4n) is 2.18. The summed E-state index contributed by atoms with van der Waals surface area (Å²) in [6, 6.07) is 0. The molecule has 0 radical (unpaired) electrons. The molecule has 0 saturated carbocycles. The van der Waals surface area contributed by atoms with E-state index < -0.39 is 46.7 Å². The van der Waals surface area contributed by atoms with E-state index in [1.54, 1.807) is 6.92 Å². The number of likely N-dealkylation sites (tertiary alicyclic amines) is 1. The summed E-state index contributed by atoms with van der Waals surface area (Å²) >= 11 is 0. The van der Waals surface area contributed by atoms with Gasteiger partial charge in [0.15, 0.2) is 23.3 Å². The van der Waals surface area contributed by atoms with Crippen LogP contribution in [0.15, 0.2) is 0 Å². The number of aliphatic hydroxyl groups is 1. The molecule has 1 aliphatic rings. The average molecular weight is 309 g/mol. The molecule has 1 heterocycles. The molecule has 0 spiro atoms. The first-order chi connectivity index (χ1) is 9.75. The van der Waals surface area contributed by atoms with Crippen molar-refractivity contribution in [3.63, 3.8) is 0 Å². The number of nitrogens with zero attached hydrogens (tertiary/aromatic N) is 1. The van der Waals surface area contributed by atoms with Gasteiger partial charge in [0, 0.05) is 13.1 Å². The van der Waals surface area contributed by atoms with E-state index in [4.69, 9.17) is 0 Å². The van der Waals surface area contributed by atoms with E-state index in [1.807, 2.05) is 0 Å². The van der Waals surface area contributed by atoms with Crippen molar-refractivity contribution in [1.29, 1.82) is 0 Å². The fraction of sp³-hybridized carbons (Fsp3) is 0.462. The molecule has 8 heteroatoms. The molecule has 1 amide bonds. The Morgan fingerprint density at radius 3 is 2.00 bits per heavy atom. The highest BCUT2D eigenvalue weighted by Gasteiger charge is 2.34. The highest BCUT2D eigenvalue weighted by molar-refractivity contribution is 5.95. The SMILES string of the molecule is CC1CCN(C(=O)c2c(F)c(F)c(F)c(F)c2F)CC1O. The molecule has 0 aromatic heterocycles. The lowest BCUT2D eigenvalue weighted by Gasteiger charge is -2.34. The Labute approximate surface area is 117 Å². The molecule has 21 heavy (non-hydrogen) atoms. The van der Waals surface area contributed by atoms with Crippen LogP contribution in [0.1, 0.15) is 23.7 Å². The Kier molecular flexibility index (Phi) is 4.18. The van der Waals surface area contributed by atoms with Crippen LogP contribution in [0.25, 0.3) is 0 Å². The summed E-state index contributed by atoms with van der Waals surface area (Å²) in [5.74, 6) is -12.4. The molecule has 2 atom stereocenters. The zero-order valence-electron chi connectivity index (χ0n) is 11.0. The number of carbonyl (C=O) groups excluding carboxylic acids is 1. The molecule has 1 N–H and O–H groups in total.